The van der Waals surface area contributed by atoms with Crippen LogP contribution in [0.1, 0.15) is 35.8 Å². The van der Waals surface area contributed by atoms with Gasteiger partial charge in [-0.25, -0.2) is 0 Å². The molecule has 0 saturated carbocycles. The highest BCUT2D eigenvalue weighted by atomic mass is 16.5. The van der Waals surface area contributed by atoms with Crippen molar-refractivity contribution in [2.24, 2.45) is 0 Å². The number of carbonyl (C=O) groups is 1. The van der Waals surface area contributed by atoms with Gasteiger partial charge in [-0.1, -0.05) is 17.3 Å². The lowest BCUT2D eigenvalue weighted by Crippen LogP contribution is -2.38. The molecule has 0 radical (unpaired) electrons. The summed E-state index contributed by atoms with van der Waals surface area (Å²) >= 11 is 0. The molecule has 0 bridgehead atoms. The zero-order chi connectivity index (χ0) is 21.8. The molecule has 1 saturated heterocycles. The van der Waals surface area contributed by atoms with Gasteiger partial charge in [0.2, 0.25) is 17.6 Å². The number of carbonyl (C=O) groups excluding carboxylic acids is 1. The van der Waals surface area contributed by atoms with E-state index in [-0.39, 0.29) is 11.8 Å². The topological polar surface area (TPSA) is 80.5 Å². The molecule has 0 unspecified atom stereocenters. The zero-order valence-corrected chi connectivity index (χ0v) is 18.2. The van der Waals surface area contributed by atoms with Crippen molar-refractivity contribution in [3.63, 3.8) is 0 Å². The van der Waals surface area contributed by atoms with Crippen molar-refractivity contribution in [3.05, 3.63) is 59.5 Å². The van der Waals surface area contributed by atoms with Crippen LogP contribution in [0.3, 0.4) is 0 Å². The highest BCUT2D eigenvalue weighted by Gasteiger charge is 2.26. The van der Waals surface area contributed by atoms with Crippen LogP contribution in [0.25, 0.3) is 11.4 Å². The lowest BCUT2D eigenvalue weighted by molar-refractivity contribution is -0.117. The number of aryl methyl sites for hydroxylation is 1. The highest BCUT2D eigenvalue weighted by molar-refractivity contribution is 5.93. The Kier molecular flexibility index (Phi) is 6.32. The predicted molar refractivity (Wildman–Crippen MR) is 119 cm³/mol. The lowest BCUT2D eigenvalue weighted by Gasteiger charge is -2.29. The quantitative estimate of drug-likeness (QED) is 0.644. The summed E-state index contributed by atoms with van der Waals surface area (Å²) in [6, 6.07) is 13.6. The SMILES string of the molecule is COc1ccc(-c2noc(C3CCN(CC(=O)Nc4cccc(C)c4C)CC3)n2)cc1. The molecule has 7 heteroatoms. The van der Waals surface area contributed by atoms with E-state index >= 15 is 0 Å². The molecule has 2 aromatic carbocycles. The van der Waals surface area contributed by atoms with Gasteiger partial charge in [-0.05, 0) is 81.2 Å². The van der Waals surface area contributed by atoms with Gasteiger partial charge in [0.05, 0.1) is 13.7 Å². The average molecular weight is 421 g/mol. The molecule has 1 aliphatic heterocycles. The van der Waals surface area contributed by atoms with Gasteiger partial charge in [-0.3, -0.25) is 9.69 Å². The number of anilines is 1. The van der Waals surface area contributed by atoms with Crippen LogP contribution in [0.5, 0.6) is 5.75 Å². The Bertz CT molecular complexity index is 1040. The van der Waals surface area contributed by atoms with E-state index < -0.39 is 0 Å². The Morgan fingerprint density at radius 3 is 2.61 bits per heavy atom. The summed E-state index contributed by atoms with van der Waals surface area (Å²) in [5.74, 6) is 2.30. The Labute approximate surface area is 182 Å². The van der Waals surface area contributed by atoms with Gasteiger partial charge in [-0.15, -0.1) is 0 Å². The van der Waals surface area contributed by atoms with Crippen LogP contribution >= 0.6 is 0 Å². The molecule has 0 spiro atoms. The van der Waals surface area contributed by atoms with Crippen molar-refractivity contribution >= 4 is 11.6 Å². The van der Waals surface area contributed by atoms with E-state index in [4.69, 9.17) is 9.26 Å². The van der Waals surface area contributed by atoms with Crippen LogP contribution < -0.4 is 10.1 Å². The summed E-state index contributed by atoms with van der Waals surface area (Å²) in [5, 5.41) is 7.18. The van der Waals surface area contributed by atoms with Crippen molar-refractivity contribution in [3.8, 4) is 17.1 Å². The molecule has 3 aromatic rings. The van der Waals surface area contributed by atoms with Gasteiger partial charge in [0, 0.05) is 17.2 Å². The molecule has 1 N–H and O–H groups in total. The van der Waals surface area contributed by atoms with Crippen LogP contribution in [-0.4, -0.2) is 47.7 Å². The van der Waals surface area contributed by atoms with E-state index in [0.717, 1.165) is 48.5 Å². The fourth-order valence-electron chi connectivity index (χ4n) is 3.88. The van der Waals surface area contributed by atoms with Crippen LogP contribution in [0.4, 0.5) is 5.69 Å². The van der Waals surface area contributed by atoms with Crippen molar-refractivity contribution < 1.29 is 14.1 Å². The molecule has 1 amide bonds. The van der Waals surface area contributed by atoms with Crippen LogP contribution in [0.15, 0.2) is 47.0 Å². The van der Waals surface area contributed by atoms with Gasteiger partial charge >= 0.3 is 0 Å². The van der Waals surface area contributed by atoms with Gasteiger partial charge in [0.15, 0.2) is 0 Å². The maximum atomic E-state index is 12.5. The molecule has 1 aliphatic rings. The van der Waals surface area contributed by atoms with E-state index in [9.17, 15) is 4.79 Å². The maximum absolute atomic E-state index is 12.5. The highest BCUT2D eigenvalue weighted by Crippen LogP contribution is 2.29. The number of amides is 1. The molecule has 0 atom stereocenters. The van der Waals surface area contributed by atoms with E-state index in [0.29, 0.717) is 18.3 Å². The lowest BCUT2D eigenvalue weighted by atomic mass is 9.97. The van der Waals surface area contributed by atoms with E-state index in [1.54, 1.807) is 7.11 Å². The number of aromatic nitrogens is 2. The van der Waals surface area contributed by atoms with E-state index in [1.165, 1.54) is 5.56 Å². The third kappa shape index (κ3) is 4.94. The van der Waals surface area contributed by atoms with Gasteiger partial charge in [-0.2, -0.15) is 4.98 Å². The second-order valence-electron chi connectivity index (χ2n) is 8.03. The van der Waals surface area contributed by atoms with Crippen molar-refractivity contribution in [2.75, 3.05) is 32.1 Å². The number of methoxy groups -OCH3 is 1. The van der Waals surface area contributed by atoms with E-state index in [1.807, 2.05) is 56.3 Å². The van der Waals surface area contributed by atoms with Crippen molar-refractivity contribution in [1.82, 2.24) is 15.0 Å². The molecule has 4 rings (SSSR count). The minimum absolute atomic E-state index is 0.0201. The van der Waals surface area contributed by atoms with Crippen molar-refractivity contribution in [2.45, 2.75) is 32.6 Å². The Hall–Kier alpha value is -3.19. The smallest absolute Gasteiger partial charge is 0.238 e. The number of benzene rings is 2. The second-order valence-corrected chi connectivity index (χ2v) is 8.03. The number of nitrogens with zero attached hydrogens (tertiary/aromatic N) is 3. The summed E-state index contributed by atoms with van der Waals surface area (Å²) < 4.78 is 10.7. The minimum Gasteiger partial charge on any atom is -0.497 e. The summed E-state index contributed by atoms with van der Waals surface area (Å²) in [7, 11) is 1.64. The minimum atomic E-state index is 0.0201. The largest absolute Gasteiger partial charge is 0.497 e. The number of likely N-dealkylation sites (tertiary alicyclic amines) is 1. The molecular weight excluding hydrogens is 392 g/mol. The number of rotatable bonds is 6. The molecule has 2 heterocycles. The standard InChI is InChI=1S/C24H28N4O3/c1-16-5-4-6-21(17(16)2)25-22(29)15-28-13-11-19(12-14-28)24-26-23(27-31-24)18-7-9-20(30-3)10-8-18/h4-10,19H,11-15H2,1-3H3,(H,25,29). The van der Waals surface area contributed by atoms with Crippen LogP contribution in [-0.2, 0) is 4.79 Å². The molecule has 1 aromatic heterocycles. The average Bonchev–Trinajstić information content (AvgIpc) is 3.28. The zero-order valence-electron chi connectivity index (χ0n) is 18.2. The number of ether oxygens (including phenoxy) is 1. The third-order valence-electron chi connectivity index (χ3n) is 5.97. The van der Waals surface area contributed by atoms with Crippen LogP contribution in [0.2, 0.25) is 0 Å². The molecule has 31 heavy (non-hydrogen) atoms. The molecule has 0 aliphatic carbocycles. The Morgan fingerprint density at radius 2 is 1.90 bits per heavy atom. The molecular formula is C24H28N4O3. The monoisotopic (exact) mass is 420 g/mol. The summed E-state index contributed by atoms with van der Waals surface area (Å²) in [6.07, 6.45) is 1.78. The molecule has 162 valence electrons. The number of hydrogen-bond acceptors (Lipinski definition) is 6. The van der Waals surface area contributed by atoms with Crippen molar-refractivity contribution in [1.29, 1.82) is 0 Å². The number of nitrogens with one attached hydrogen (secondary N) is 1. The summed E-state index contributed by atoms with van der Waals surface area (Å²) in [6.45, 7) is 6.12. The molecule has 7 nitrogen and oxygen atoms in total. The normalized spacial score (nSPS) is 15.1. The second kappa shape index (κ2) is 9.31. The summed E-state index contributed by atoms with van der Waals surface area (Å²) in [5.41, 5.74) is 4.07. The fraction of sp³-hybridized carbons (Fsp3) is 0.375. The first-order valence-electron chi connectivity index (χ1n) is 10.6. The fourth-order valence-corrected chi connectivity index (χ4v) is 3.88. The third-order valence-corrected chi connectivity index (χ3v) is 5.97. The number of hydrogen-bond donors (Lipinski definition) is 1. The van der Waals surface area contributed by atoms with Gasteiger partial charge in [0.25, 0.3) is 0 Å². The van der Waals surface area contributed by atoms with Gasteiger partial charge in [0.1, 0.15) is 5.75 Å². The van der Waals surface area contributed by atoms with Crippen LogP contribution in [0, 0.1) is 13.8 Å². The first-order chi connectivity index (χ1) is 15.0. The number of piperidine rings is 1. The van der Waals surface area contributed by atoms with E-state index in [2.05, 4.69) is 20.4 Å². The first-order valence-corrected chi connectivity index (χ1v) is 10.6. The maximum Gasteiger partial charge on any atom is 0.238 e. The summed E-state index contributed by atoms with van der Waals surface area (Å²) in [4.78, 5) is 19.3. The Morgan fingerprint density at radius 1 is 1.16 bits per heavy atom. The first kappa shape index (κ1) is 21.1. The predicted octanol–water partition coefficient (Wildman–Crippen LogP) is 4.18. The Balaban J connectivity index is 1.30. The van der Waals surface area contributed by atoms with Gasteiger partial charge < -0.3 is 14.6 Å². The molecule has 1 fully saturated rings.